The standard InChI is InChI=1S/C29H33N3O3/c1-7-18(2)35-29-24(34-6)16-19-17-25(33)32(21-14-12-20(13-15-21)30(3)4)27-22-10-8-9-11-23(22)31(5)28(29)26(19)27/h8-16,18,27H,7,17H2,1-6H3. The number of anilines is 4. The fraction of sp³-hybridized carbons (Fsp3) is 0.345. The molecule has 0 radical (unpaired) electrons. The van der Waals surface area contributed by atoms with Crippen molar-refractivity contribution in [1.82, 2.24) is 0 Å². The van der Waals surface area contributed by atoms with Crippen LogP contribution in [0, 0.1) is 0 Å². The lowest BCUT2D eigenvalue weighted by Gasteiger charge is -2.45. The number of fused-ring (bicyclic) bond motifs is 2. The highest BCUT2D eigenvalue weighted by Crippen LogP contribution is 2.56. The van der Waals surface area contributed by atoms with Gasteiger partial charge >= 0.3 is 0 Å². The number of para-hydroxylation sites is 1. The van der Waals surface area contributed by atoms with Crippen LogP contribution in [-0.2, 0) is 11.2 Å². The molecule has 6 nitrogen and oxygen atoms in total. The van der Waals surface area contributed by atoms with Crippen molar-refractivity contribution in [3.63, 3.8) is 0 Å². The third kappa shape index (κ3) is 3.68. The summed E-state index contributed by atoms with van der Waals surface area (Å²) in [6.45, 7) is 4.18. The molecule has 0 aliphatic carbocycles. The minimum atomic E-state index is -0.246. The van der Waals surface area contributed by atoms with Crippen molar-refractivity contribution in [2.45, 2.75) is 38.8 Å². The van der Waals surface area contributed by atoms with Crippen LogP contribution >= 0.6 is 0 Å². The van der Waals surface area contributed by atoms with Crippen LogP contribution in [0.25, 0.3) is 0 Å². The summed E-state index contributed by atoms with van der Waals surface area (Å²) in [5.74, 6) is 1.48. The second kappa shape index (κ2) is 8.84. The molecule has 0 saturated heterocycles. The number of nitrogens with zero attached hydrogens (tertiary/aromatic N) is 3. The summed E-state index contributed by atoms with van der Waals surface area (Å²) in [6, 6.07) is 18.3. The number of methoxy groups -OCH3 is 1. The molecular formula is C29H33N3O3. The predicted octanol–water partition coefficient (Wildman–Crippen LogP) is 5.70. The van der Waals surface area contributed by atoms with Gasteiger partial charge in [-0.2, -0.15) is 0 Å². The number of hydrogen-bond donors (Lipinski definition) is 0. The second-order valence-corrected chi connectivity index (χ2v) is 9.54. The van der Waals surface area contributed by atoms with E-state index in [1.54, 1.807) is 7.11 Å². The molecule has 0 fully saturated rings. The number of rotatable bonds is 6. The SMILES string of the molecule is CCC(C)Oc1c(OC)cc2c3c1N(C)c1ccccc1C3N(c1ccc(N(C)C)cc1)C(=O)C2. The van der Waals surface area contributed by atoms with E-state index in [1.165, 1.54) is 0 Å². The van der Waals surface area contributed by atoms with Crippen LogP contribution in [0.2, 0.25) is 0 Å². The third-order valence-electron chi connectivity index (χ3n) is 7.17. The van der Waals surface area contributed by atoms with Gasteiger partial charge < -0.3 is 24.2 Å². The second-order valence-electron chi connectivity index (χ2n) is 9.54. The van der Waals surface area contributed by atoms with Gasteiger partial charge in [0.2, 0.25) is 5.91 Å². The van der Waals surface area contributed by atoms with E-state index in [-0.39, 0.29) is 18.1 Å². The van der Waals surface area contributed by atoms with E-state index < -0.39 is 0 Å². The van der Waals surface area contributed by atoms with Crippen molar-refractivity contribution in [2.75, 3.05) is 43.0 Å². The van der Waals surface area contributed by atoms with Crippen LogP contribution in [0.3, 0.4) is 0 Å². The number of benzene rings is 3. The lowest BCUT2D eigenvalue weighted by molar-refractivity contribution is -0.118. The summed E-state index contributed by atoms with van der Waals surface area (Å²) < 4.78 is 12.3. The van der Waals surface area contributed by atoms with Crippen molar-refractivity contribution < 1.29 is 14.3 Å². The van der Waals surface area contributed by atoms with Crippen LogP contribution < -0.4 is 24.2 Å². The average Bonchev–Trinajstić information content (AvgIpc) is 2.87. The monoisotopic (exact) mass is 471 g/mol. The van der Waals surface area contributed by atoms with Gasteiger partial charge in [0, 0.05) is 49.3 Å². The largest absolute Gasteiger partial charge is 0.493 e. The molecule has 2 unspecified atom stereocenters. The van der Waals surface area contributed by atoms with Gasteiger partial charge in [-0.25, -0.2) is 0 Å². The Morgan fingerprint density at radius 1 is 1.11 bits per heavy atom. The maximum absolute atomic E-state index is 13.7. The van der Waals surface area contributed by atoms with Crippen LogP contribution in [-0.4, -0.2) is 40.3 Å². The summed E-state index contributed by atoms with van der Waals surface area (Å²) in [5.41, 5.74) is 7.23. The zero-order valence-corrected chi connectivity index (χ0v) is 21.3. The molecule has 0 spiro atoms. The highest BCUT2D eigenvalue weighted by molar-refractivity contribution is 6.02. The van der Waals surface area contributed by atoms with Gasteiger partial charge in [0.25, 0.3) is 0 Å². The molecule has 2 atom stereocenters. The fourth-order valence-corrected chi connectivity index (χ4v) is 5.19. The molecule has 0 N–H and O–H groups in total. The number of carbonyl (C=O) groups is 1. The van der Waals surface area contributed by atoms with Crippen LogP contribution in [0.5, 0.6) is 11.5 Å². The van der Waals surface area contributed by atoms with Crippen LogP contribution in [0.1, 0.15) is 43.0 Å². The van der Waals surface area contributed by atoms with Crippen LogP contribution in [0.15, 0.2) is 54.6 Å². The summed E-state index contributed by atoms with van der Waals surface area (Å²) in [4.78, 5) is 19.9. The smallest absolute Gasteiger partial charge is 0.232 e. The van der Waals surface area contributed by atoms with Crippen molar-refractivity contribution in [3.05, 3.63) is 71.3 Å². The normalized spacial score (nSPS) is 17.0. The molecule has 0 bridgehead atoms. The van der Waals surface area contributed by atoms with E-state index in [1.807, 2.05) is 49.3 Å². The zero-order valence-electron chi connectivity index (χ0n) is 21.3. The molecule has 182 valence electrons. The van der Waals surface area contributed by atoms with Crippen molar-refractivity contribution in [2.24, 2.45) is 0 Å². The van der Waals surface area contributed by atoms with Crippen molar-refractivity contribution in [1.29, 1.82) is 0 Å². The molecule has 2 aliphatic rings. The van der Waals surface area contributed by atoms with E-state index in [0.717, 1.165) is 51.6 Å². The molecule has 6 heteroatoms. The maximum atomic E-state index is 13.7. The molecular weight excluding hydrogens is 438 g/mol. The van der Waals surface area contributed by atoms with Crippen molar-refractivity contribution in [3.8, 4) is 11.5 Å². The van der Waals surface area contributed by atoms with Gasteiger partial charge in [0.1, 0.15) is 0 Å². The molecule has 0 saturated carbocycles. The molecule has 5 rings (SSSR count). The van der Waals surface area contributed by atoms with Gasteiger partial charge in [-0.15, -0.1) is 0 Å². The highest BCUT2D eigenvalue weighted by Gasteiger charge is 2.43. The van der Waals surface area contributed by atoms with E-state index in [2.05, 4.69) is 55.0 Å². The van der Waals surface area contributed by atoms with Crippen LogP contribution in [0.4, 0.5) is 22.7 Å². The van der Waals surface area contributed by atoms with Gasteiger partial charge in [-0.05, 0) is 55.3 Å². The van der Waals surface area contributed by atoms with E-state index in [0.29, 0.717) is 12.2 Å². The topological polar surface area (TPSA) is 45.3 Å². The Morgan fingerprint density at radius 3 is 2.49 bits per heavy atom. The Balaban J connectivity index is 1.77. The average molecular weight is 472 g/mol. The third-order valence-corrected chi connectivity index (χ3v) is 7.17. The molecule has 0 aromatic heterocycles. The van der Waals surface area contributed by atoms with Gasteiger partial charge in [-0.1, -0.05) is 25.1 Å². The number of carbonyl (C=O) groups excluding carboxylic acids is 1. The fourth-order valence-electron chi connectivity index (χ4n) is 5.19. The minimum Gasteiger partial charge on any atom is -0.493 e. The van der Waals surface area contributed by atoms with E-state index >= 15 is 0 Å². The van der Waals surface area contributed by atoms with E-state index in [4.69, 9.17) is 9.47 Å². The number of amides is 1. The maximum Gasteiger partial charge on any atom is 0.232 e. The Bertz CT molecular complexity index is 1270. The minimum absolute atomic E-state index is 0.0297. The Kier molecular flexibility index (Phi) is 5.83. The molecule has 2 heterocycles. The lowest BCUT2D eigenvalue weighted by Crippen LogP contribution is -2.44. The number of hydrogen-bond acceptors (Lipinski definition) is 5. The highest BCUT2D eigenvalue weighted by atomic mass is 16.5. The summed E-state index contributed by atoms with van der Waals surface area (Å²) in [7, 11) is 7.77. The van der Waals surface area contributed by atoms with Gasteiger partial charge in [-0.3, -0.25) is 4.79 Å². The lowest BCUT2D eigenvalue weighted by atomic mass is 9.81. The molecule has 1 amide bonds. The quantitative estimate of drug-likeness (QED) is 0.462. The number of ether oxygens (including phenoxy) is 2. The molecule has 2 aliphatic heterocycles. The molecule has 3 aromatic carbocycles. The van der Waals surface area contributed by atoms with Crippen molar-refractivity contribution >= 4 is 28.7 Å². The predicted molar refractivity (Wildman–Crippen MR) is 142 cm³/mol. The van der Waals surface area contributed by atoms with Gasteiger partial charge in [0.15, 0.2) is 11.5 Å². The Labute approximate surface area is 207 Å². The van der Waals surface area contributed by atoms with E-state index in [9.17, 15) is 4.79 Å². The Morgan fingerprint density at radius 2 is 1.83 bits per heavy atom. The first-order valence-corrected chi connectivity index (χ1v) is 12.2. The molecule has 3 aromatic rings. The summed E-state index contributed by atoms with van der Waals surface area (Å²) >= 11 is 0. The molecule has 35 heavy (non-hydrogen) atoms. The first-order chi connectivity index (χ1) is 16.8. The summed E-state index contributed by atoms with van der Waals surface area (Å²) in [5, 5.41) is 0. The zero-order chi connectivity index (χ0) is 24.9. The summed E-state index contributed by atoms with van der Waals surface area (Å²) in [6.07, 6.45) is 1.22. The first kappa shape index (κ1) is 23.1. The first-order valence-electron chi connectivity index (χ1n) is 12.2. The Hall–Kier alpha value is -3.67. The van der Waals surface area contributed by atoms with Gasteiger partial charge in [0.05, 0.1) is 31.4 Å².